The van der Waals surface area contributed by atoms with Crippen LogP contribution in [0, 0.1) is 12.7 Å². The van der Waals surface area contributed by atoms with Crippen molar-refractivity contribution in [2.24, 2.45) is 0 Å². The fourth-order valence-corrected chi connectivity index (χ4v) is 4.09. The molecule has 1 aromatic heterocycles. The second-order valence-electron chi connectivity index (χ2n) is 8.90. The second-order valence-corrected chi connectivity index (χ2v) is 8.90. The summed E-state index contributed by atoms with van der Waals surface area (Å²) in [7, 11) is 2.79. The summed E-state index contributed by atoms with van der Waals surface area (Å²) in [6.07, 6.45) is 0.583. The molecule has 0 unspecified atom stereocenters. The first-order valence-electron chi connectivity index (χ1n) is 12.2. The lowest BCUT2D eigenvalue weighted by Crippen LogP contribution is -2.41. The van der Waals surface area contributed by atoms with Crippen LogP contribution >= 0.6 is 0 Å². The van der Waals surface area contributed by atoms with Crippen LogP contribution < -0.4 is 19.5 Å². The standard InChI is InChI=1S/C29H31FN2O7/c1-16-7-9-20(10-8-16)25(22-12-11-21(30)15-24(22)37-6)18(3)38-29(35)17(2)32-28(34)26-27(39-19(4)33)23(36-5)13-14-31-26/h7-15,17-18,25H,1-6H3,(H,32,34)/t17-,18-,25-/m0/s1. The Labute approximate surface area is 226 Å². The lowest BCUT2D eigenvalue weighted by molar-refractivity contribution is -0.150. The number of nitrogens with zero attached hydrogens (tertiary/aromatic N) is 1. The number of benzene rings is 2. The van der Waals surface area contributed by atoms with Crippen molar-refractivity contribution < 1.29 is 37.7 Å². The highest BCUT2D eigenvalue weighted by atomic mass is 19.1. The van der Waals surface area contributed by atoms with Crippen LogP contribution in [-0.4, -0.2) is 49.2 Å². The van der Waals surface area contributed by atoms with Crippen LogP contribution in [0.2, 0.25) is 0 Å². The SMILES string of the molecule is COc1cc(F)ccc1[C@H](c1ccc(C)cc1)[C@H](C)OC(=O)[C@H](C)NC(=O)c1nccc(OC)c1OC(C)=O. The zero-order valence-electron chi connectivity index (χ0n) is 22.6. The van der Waals surface area contributed by atoms with Gasteiger partial charge in [0.2, 0.25) is 5.75 Å². The first-order valence-corrected chi connectivity index (χ1v) is 12.2. The summed E-state index contributed by atoms with van der Waals surface area (Å²) >= 11 is 0. The van der Waals surface area contributed by atoms with Crippen LogP contribution in [0.15, 0.2) is 54.7 Å². The summed E-state index contributed by atoms with van der Waals surface area (Å²) in [5.74, 6) is -2.84. The first-order chi connectivity index (χ1) is 18.5. The zero-order valence-corrected chi connectivity index (χ0v) is 22.6. The highest BCUT2D eigenvalue weighted by Crippen LogP contribution is 2.36. The van der Waals surface area contributed by atoms with Crippen molar-refractivity contribution in [3.05, 3.63) is 82.9 Å². The topological polar surface area (TPSA) is 113 Å². The second kappa shape index (κ2) is 12.9. The van der Waals surface area contributed by atoms with E-state index >= 15 is 0 Å². The molecule has 0 radical (unpaired) electrons. The molecule has 10 heteroatoms. The van der Waals surface area contributed by atoms with Crippen molar-refractivity contribution in [3.63, 3.8) is 0 Å². The molecule has 3 aromatic rings. The molecule has 0 saturated carbocycles. The molecule has 3 atom stereocenters. The minimum atomic E-state index is -1.09. The number of hydrogen-bond donors (Lipinski definition) is 1. The molecule has 0 bridgehead atoms. The Bertz CT molecular complexity index is 1340. The molecule has 2 aromatic carbocycles. The predicted octanol–water partition coefficient (Wildman–Crippen LogP) is 4.35. The van der Waals surface area contributed by atoms with Gasteiger partial charge < -0.3 is 24.3 Å². The number of esters is 2. The third-order valence-electron chi connectivity index (χ3n) is 5.99. The van der Waals surface area contributed by atoms with Gasteiger partial charge in [0.15, 0.2) is 11.4 Å². The number of aromatic nitrogens is 1. The van der Waals surface area contributed by atoms with Gasteiger partial charge >= 0.3 is 11.9 Å². The number of amides is 1. The molecule has 39 heavy (non-hydrogen) atoms. The van der Waals surface area contributed by atoms with Gasteiger partial charge in [-0.1, -0.05) is 35.9 Å². The summed E-state index contributed by atoms with van der Waals surface area (Å²) in [6, 6.07) is 12.2. The van der Waals surface area contributed by atoms with Crippen molar-refractivity contribution in [1.82, 2.24) is 10.3 Å². The normalized spacial score (nSPS) is 13.0. The number of pyridine rings is 1. The molecular formula is C29H31FN2O7. The van der Waals surface area contributed by atoms with Crippen LogP contribution in [-0.2, 0) is 14.3 Å². The average molecular weight is 539 g/mol. The number of hydrogen-bond acceptors (Lipinski definition) is 8. The van der Waals surface area contributed by atoms with Crippen molar-refractivity contribution in [1.29, 1.82) is 0 Å². The van der Waals surface area contributed by atoms with Gasteiger partial charge in [-0.3, -0.25) is 9.59 Å². The molecule has 1 amide bonds. The van der Waals surface area contributed by atoms with Gasteiger partial charge in [0.25, 0.3) is 5.91 Å². The molecule has 0 aliphatic carbocycles. The van der Waals surface area contributed by atoms with Crippen molar-refractivity contribution in [2.45, 2.75) is 45.8 Å². The van der Waals surface area contributed by atoms with E-state index in [0.717, 1.165) is 11.1 Å². The van der Waals surface area contributed by atoms with Gasteiger partial charge in [-0.25, -0.2) is 14.2 Å². The van der Waals surface area contributed by atoms with E-state index in [-0.39, 0.29) is 17.2 Å². The van der Waals surface area contributed by atoms with E-state index in [4.69, 9.17) is 18.9 Å². The number of methoxy groups -OCH3 is 2. The maximum absolute atomic E-state index is 13.9. The Kier molecular flexibility index (Phi) is 9.59. The third-order valence-corrected chi connectivity index (χ3v) is 5.99. The Morgan fingerprint density at radius 1 is 0.949 bits per heavy atom. The minimum absolute atomic E-state index is 0.128. The molecular weight excluding hydrogens is 507 g/mol. The van der Waals surface area contributed by atoms with E-state index in [2.05, 4.69) is 10.3 Å². The fourth-order valence-electron chi connectivity index (χ4n) is 4.09. The fraction of sp³-hybridized carbons (Fsp3) is 0.310. The molecule has 0 aliphatic rings. The smallest absolute Gasteiger partial charge is 0.328 e. The van der Waals surface area contributed by atoms with Crippen molar-refractivity contribution in [2.75, 3.05) is 14.2 Å². The number of carbonyl (C=O) groups is 3. The minimum Gasteiger partial charge on any atom is -0.496 e. The first kappa shape index (κ1) is 29.1. The van der Waals surface area contributed by atoms with E-state index in [1.54, 1.807) is 13.0 Å². The Morgan fingerprint density at radius 3 is 2.23 bits per heavy atom. The number of aryl methyl sites for hydroxylation is 1. The summed E-state index contributed by atoms with van der Waals surface area (Å²) < 4.78 is 35.4. The van der Waals surface area contributed by atoms with Gasteiger partial charge in [-0.05, 0) is 32.4 Å². The molecule has 0 fully saturated rings. The maximum Gasteiger partial charge on any atom is 0.328 e. The van der Waals surface area contributed by atoms with E-state index in [1.165, 1.54) is 52.5 Å². The van der Waals surface area contributed by atoms with Gasteiger partial charge in [0.1, 0.15) is 23.7 Å². The third kappa shape index (κ3) is 7.10. The molecule has 9 nitrogen and oxygen atoms in total. The largest absolute Gasteiger partial charge is 0.496 e. The van der Waals surface area contributed by atoms with Crippen molar-refractivity contribution in [3.8, 4) is 17.2 Å². The zero-order chi connectivity index (χ0) is 28.7. The molecule has 1 heterocycles. The molecule has 3 rings (SSSR count). The summed E-state index contributed by atoms with van der Waals surface area (Å²) in [5.41, 5.74) is 2.27. The Hall–Kier alpha value is -4.47. The van der Waals surface area contributed by atoms with Crippen LogP contribution in [0.5, 0.6) is 17.2 Å². The quantitative estimate of drug-likeness (QED) is 0.379. The monoisotopic (exact) mass is 538 g/mol. The average Bonchev–Trinajstić information content (AvgIpc) is 2.90. The molecule has 0 saturated heterocycles. The number of halogens is 1. The summed E-state index contributed by atoms with van der Waals surface area (Å²) in [6.45, 7) is 6.30. The Morgan fingerprint density at radius 2 is 1.62 bits per heavy atom. The van der Waals surface area contributed by atoms with Crippen molar-refractivity contribution >= 4 is 17.8 Å². The van der Waals surface area contributed by atoms with Crippen LogP contribution in [0.25, 0.3) is 0 Å². The molecule has 206 valence electrons. The Balaban J connectivity index is 1.84. The van der Waals surface area contributed by atoms with E-state index < -0.39 is 41.7 Å². The number of rotatable bonds is 10. The highest BCUT2D eigenvalue weighted by molar-refractivity contribution is 5.98. The van der Waals surface area contributed by atoms with E-state index in [9.17, 15) is 18.8 Å². The van der Waals surface area contributed by atoms with Crippen LogP contribution in [0.4, 0.5) is 4.39 Å². The van der Waals surface area contributed by atoms with E-state index in [1.807, 2.05) is 31.2 Å². The summed E-state index contributed by atoms with van der Waals surface area (Å²) in [4.78, 5) is 41.6. The van der Waals surface area contributed by atoms with Gasteiger partial charge in [-0.15, -0.1) is 0 Å². The molecule has 0 spiro atoms. The number of nitrogens with one attached hydrogen (secondary N) is 1. The highest BCUT2D eigenvalue weighted by Gasteiger charge is 2.30. The predicted molar refractivity (Wildman–Crippen MR) is 141 cm³/mol. The lowest BCUT2D eigenvalue weighted by Gasteiger charge is -2.27. The van der Waals surface area contributed by atoms with Gasteiger partial charge in [-0.2, -0.15) is 0 Å². The molecule has 0 aliphatic heterocycles. The van der Waals surface area contributed by atoms with Gasteiger partial charge in [0, 0.05) is 36.7 Å². The summed E-state index contributed by atoms with van der Waals surface area (Å²) in [5, 5.41) is 2.53. The number of ether oxygens (including phenoxy) is 4. The van der Waals surface area contributed by atoms with E-state index in [0.29, 0.717) is 11.3 Å². The lowest BCUT2D eigenvalue weighted by atomic mass is 9.86. The molecule has 1 N–H and O–H groups in total. The van der Waals surface area contributed by atoms with Crippen LogP contribution in [0.3, 0.4) is 0 Å². The maximum atomic E-state index is 13.9. The van der Waals surface area contributed by atoms with Crippen LogP contribution in [0.1, 0.15) is 53.9 Å². The van der Waals surface area contributed by atoms with Gasteiger partial charge in [0.05, 0.1) is 14.2 Å². The number of carbonyl (C=O) groups excluding carboxylic acids is 3.